The Bertz CT molecular complexity index is 451. The summed E-state index contributed by atoms with van der Waals surface area (Å²) in [6, 6.07) is 2.83. The fraction of sp³-hybridized carbons (Fsp3) is 0.400. The lowest BCUT2D eigenvalue weighted by molar-refractivity contribution is 0.210. The second kappa shape index (κ2) is 4.88. The van der Waals surface area contributed by atoms with Crippen molar-refractivity contribution in [1.29, 1.82) is 0 Å². The summed E-state index contributed by atoms with van der Waals surface area (Å²) in [5.41, 5.74) is 0.172. The van der Waals surface area contributed by atoms with Gasteiger partial charge in [0.25, 0.3) is 10.1 Å². The highest BCUT2D eigenvalue weighted by atomic mass is 32.2. The first kappa shape index (κ1) is 13.1. The molecule has 1 unspecified atom stereocenters. The summed E-state index contributed by atoms with van der Waals surface area (Å²) < 4.78 is 52.4. The predicted octanol–water partition coefficient (Wildman–Crippen LogP) is 2.39. The normalized spacial score (nSPS) is 13.8. The van der Waals surface area contributed by atoms with Crippen molar-refractivity contribution in [2.75, 3.05) is 6.26 Å². The van der Waals surface area contributed by atoms with E-state index < -0.39 is 27.9 Å². The van der Waals surface area contributed by atoms with E-state index in [1.165, 1.54) is 0 Å². The molecule has 0 bridgehead atoms. The zero-order valence-corrected chi connectivity index (χ0v) is 9.72. The summed E-state index contributed by atoms with van der Waals surface area (Å²) in [4.78, 5) is 0. The van der Waals surface area contributed by atoms with Gasteiger partial charge in [-0.1, -0.05) is 6.92 Å². The summed E-state index contributed by atoms with van der Waals surface area (Å²) in [6.07, 6.45) is 0.335. The predicted molar refractivity (Wildman–Crippen MR) is 55.3 cm³/mol. The molecular formula is C10H12F2O3S. The Morgan fingerprint density at radius 3 is 2.12 bits per heavy atom. The van der Waals surface area contributed by atoms with Gasteiger partial charge in [0.2, 0.25) is 0 Å². The van der Waals surface area contributed by atoms with Gasteiger partial charge in [-0.05, 0) is 24.1 Å². The van der Waals surface area contributed by atoms with Crippen molar-refractivity contribution in [2.45, 2.75) is 19.4 Å². The average molecular weight is 250 g/mol. The molecule has 0 heterocycles. The van der Waals surface area contributed by atoms with E-state index in [0.717, 1.165) is 24.5 Å². The minimum absolute atomic E-state index is 0.172. The molecule has 6 heteroatoms. The van der Waals surface area contributed by atoms with Crippen LogP contribution in [0.3, 0.4) is 0 Å². The molecule has 90 valence electrons. The fourth-order valence-electron chi connectivity index (χ4n) is 1.33. The summed E-state index contributed by atoms with van der Waals surface area (Å²) in [7, 11) is -3.65. The van der Waals surface area contributed by atoms with Crippen molar-refractivity contribution in [3.8, 4) is 0 Å². The largest absolute Gasteiger partial charge is 0.264 e. The van der Waals surface area contributed by atoms with Gasteiger partial charge in [-0.15, -0.1) is 0 Å². The molecule has 0 aliphatic rings. The Morgan fingerprint density at radius 1 is 1.25 bits per heavy atom. The van der Waals surface area contributed by atoms with Crippen LogP contribution in [-0.4, -0.2) is 14.7 Å². The van der Waals surface area contributed by atoms with Crippen LogP contribution in [0.4, 0.5) is 8.78 Å². The van der Waals surface area contributed by atoms with E-state index in [0.29, 0.717) is 6.42 Å². The lowest BCUT2D eigenvalue weighted by Gasteiger charge is -2.14. The molecule has 16 heavy (non-hydrogen) atoms. The Hall–Kier alpha value is -1.01. The van der Waals surface area contributed by atoms with Crippen molar-refractivity contribution in [1.82, 2.24) is 0 Å². The lowest BCUT2D eigenvalue weighted by atomic mass is 10.1. The van der Waals surface area contributed by atoms with Gasteiger partial charge in [0.1, 0.15) is 17.7 Å². The van der Waals surface area contributed by atoms with Crippen molar-refractivity contribution in [3.63, 3.8) is 0 Å². The molecule has 0 amide bonds. The molecule has 0 fully saturated rings. The van der Waals surface area contributed by atoms with Crippen LogP contribution in [0.5, 0.6) is 0 Å². The van der Waals surface area contributed by atoms with Gasteiger partial charge in [0, 0.05) is 6.07 Å². The minimum atomic E-state index is -3.65. The molecule has 0 saturated carbocycles. The van der Waals surface area contributed by atoms with Gasteiger partial charge >= 0.3 is 0 Å². The third-order valence-electron chi connectivity index (χ3n) is 1.92. The van der Waals surface area contributed by atoms with Crippen molar-refractivity contribution in [3.05, 3.63) is 35.4 Å². The molecule has 0 aromatic heterocycles. The van der Waals surface area contributed by atoms with Crippen LogP contribution in [0.1, 0.15) is 25.0 Å². The van der Waals surface area contributed by atoms with E-state index in [1.807, 2.05) is 0 Å². The number of hydrogen-bond donors (Lipinski definition) is 0. The van der Waals surface area contributed by atoms with Gasteiger partial charge in [-0.25, -0.2) is 8.78 Å². The van der Waals surface area contributed by atoms with Crippen LogP contribution < -0.4 is 0 Å². The van der Waals surface area contributed by atoms with Crippen LogP contribution >= 0.6 is 0 Å². The zero-order valence-electron chi connectivity index (χ0n) is 8.91. The smallest absolute Gasteiger partial charge is 0.262 e. The highest BCUT2D eigenvalue weighted by Gasteiger charge is 2.17. The van der Waals surface area contributed by atoms with Crippen molar-refractivity contribution >= 4 is 10.1 Å². The average Bonchev–Trinajstić information content (AvgIpc) is 2.11. The Labute approximate surface area is 93.2 Å². The van der Waals surface area contributed by atoms with Crippen molar-refractivity contribution < 1.29 is 21.4 Å². The van der Waals surface area contributed by atoms with Crippen LogP contribution in [0, 0.1) is 11.6 Å². The molecule has 0 radical (unpaired) electrons. The molecule has 3 nitrogen and oxygen atoms in total. The first-order valence-electron chi connectivity index (χ1n) is 4.66. The molecule has 0 aliphatic carbocycles. The molecule has 1 atom stereocenters. The maximum Gasteiger partial charge on any atom is 0.264 e. The number of rotatable bonds is 4. The maximum atomic E-state index is 12.9. The minimum Gasteiger partial charge on any atom is -0.262 e. The second-order valence-corrected chi connectivity index (χ2v) is 5.00. The molecule has 0 aliphatic heterocycles. The molecule has 0 saturated heterocycles. The molecule has 1 aromatic rings. The fourth-order valence-corrected chi connectivity index (χ4v) is 2.00. The second-order valence-electron chi connectivity index (χ2n) is 3.40. The van der Waals surface area contributed by atoms with Crippen LogP contribution in [0.2, 0.25) is 0 Å². The Kier molecular flexibility index (Phi) is 3.98. The van der Waals surface area contributed by atoms with Gasteiger partial charge in [-0.3, -0.25) is 4.18 Å². The van der Waals surface area contributed by atoms with Crippen molar-refractivity contribution in [2.24, 2.45) is 0 Å². The topological polar surface area (TPSA) is 43.4 Å². The lowest BCUT2D eigenvalue weighted by Crippen LogP contribution is -2.10. The molecule has 1 aromatic carbocycles. The number of benzene rings is 1. The van der Waals surface area contributed by atoms with E-state index in [2.05, 4.69) is 0 Å². The van der Waals surface area contributed by atoms with Gasteiger partial charge < -0.3 is 0 Å². The third-order valence-corrected chi connectivity index (χ3v) is 2.50. The molecular weight excluding hydrogens is 238 g/mol. The highest BCUT2D eigenvalue weighted by molar-refractivity contribution is 7.86. The first-order valence-corrected chi connectivity index (χ1v) is 6.47. The molecule has 0 N–H and O–H groups in total. The van der Waals surface area contributed by atoms with Gasteiger partial charge in [0.15, 0.2) is 0 Å². The van der Waals surface area contributed by atoms with Crippen LogP contribution in [-0.2, 0) is 14.3 Å². The monoisotopic (exact) mass is 250 g/mol. The molecule has 0 spiro atoms. The highest BCUT2D eigenvalue weighted by Crippen LogP contribution is 2.24. The molecule has 1 rings (SSSR count). The van der Waals surface area contributed by atoms with Gasteiger partial charge in [0.05, 0.1) is 6.26 Å². The Balaban J connectivity index is 3.04. The van der Waals surface area contributed by atoms with Crippen LogP contribution in [0.15, 0.2) is 18.2 Å². The van der Waals surface area contributed by atoms with E-state index in [1.54, 1.807) is 6.92 Å². The van der Waals surface area contributed by atoms with Crippen LogP contribution in [0.25, 0.3) is 0 Å². The summed E-state index contributed by atoms with van der Waals surface area (Å²) in [5, 5.41) is 0. The van der Waals surface area contributed by atoms with E-state index in [-0.39, 0.29) is 5.56 Å². The standard InChI is InChI=1S/C10H12F2O3S/c1-3-10(15-16(2,13)14)7-4-8(11)6-9(12)5-7/h4-6,10H,3H2,1-2H3. The van der Waals surface area contributed by atoms with Gasteiger partial charge in [-0.2, -0.15) is 8.42 Å². The number of halogens is 2. The SMILES string of the molecule is CCC(OS(C)(=O)=O)c1cc(F)cc(F)c1. The number of hydrogen-bond acceptors (Lipinski definition) is 3. The summed E-state index contributed by atoms with van der Waals surface area (Å²) >= 11 is 0. The quantitative estimate of drug-likeness (QED) is 0.771. The maximum absolute atomic E-state index is 12.9. The zero-order chi connectivity index (χ0) is 12.3. The third kappa shape index (κ3) is 3.86. The summed E-state index contributed by atoms with van der Waals surface area (Å²) in [5.74, 6) is -1.52. The first-order chi connectivity index (χ1) is 7.31. The van der Waals surface area contributed by atoms with E-state index in [9.17, 15) is 17.2 Å². The van der Waals surface area contributed by atoms with E-state index >= 15 is 0 Å². The van der Waals surface area contributed by atoms with E-state index in [4.69, 9.17) is 4.18 Å². The summed E-state index contributed by atoms with van der Waals surface area (Å²) in [6.45, 7) is 1.67. The Morgan fingerprint density at radius 2 is 1.75 bits per heavy atom.